The third-order valence-corrected chi connectivity index (χ3v) is 4.41. The van der Waals surface area contributed by atoms with Crippen molar-refractivity contribution < 1.29 is 19.2 Å². The largest absolute Gasteiger partial charge is 0.492 e. The zero-order valence-corrected chi connectivity index (χ0v) is 16.0. The summed E-state index contributed by atoms with van der Waals surface area (Å²) in [6.45, 7) is 6.15. The molecular weight excluding hydrogens is 362 g/mol. The first-order valence-corrected chi connectivity index (χ1v) is 9.15. The molecule has 0 bridgehead atoms. The maximum absolute atomic E-state index is 12.5. The molecule has 148 valence electrons. The number of nitro groups is 1. The van der Waals surface area contributed by atoms with Gasteiger partial charge in [0.15, 0.2) is 0 Å². The van der Waals surface area contributed by atoms with Crippen LogP contribution in [0.1, 0.15) is 26.3 Å². The van der Waals surface area contributed by atoms with Crippen molar-refractivity contribution >= 4 is 23.0 Å². The SMILES string of the molecule is CCOc1cc2c(cc1N[C@H](C)C(=O)Nc1ccc([N+](=O)[O-])cc1)O[C@@H](C)C2. The van der Waals surface area contributed by atoms with Crippen LogP contribution in [-0.4, -0.2) is 29.6 Å². The van der Waals surface area contributed by atoms with E-state index in [4.69, 9.17) is 9.47 Å². The fourth-order valence-electron chi connectivity index (χ4n) is 3.04. The van der Waals surface area contributed by atoms with E-state index < -0.39 is 11.0 Å². The van der Waals surface area contributed by atoms with E-state index in [-0.39, 0.29) is 17.7 Å². The molecule has 0 saturated carbocycles. The maximum Gasteiger partial charge on any atom is 0.269 e. The summed E-state index contributed by atoms with van der Waals surface area (Å²) >= 11 is 0. The van der Waals surface area contributed by atoms with Crippen molar-refractivity contribution in [3.05, 3.63) is 52.1 Å². The van der Waals surface area contributed by atoms with Gasteiger partial charge in [-0.05, 0) is 39.0 Å². The first-order valence-electron chi connectivity index (χ1n) is 9.15. The van der Waals surface area contributed by atoms with Crippen LogP contribution in [0.25, 0.3) is 0 Å². The average molecular weight is 385 g/mol. The number of fused-ring (bicyclic) bond motifs is 1. The number of rotatable bonds is 7. The molecule has 0 saturated heterocycles. The Morgan fingerprint density at radius 1 is 1.36 bits per heavy atom. The van der Waals surface area contributed by atoms with Crippen LogP contribution < -0.4 is 20.1 Å². The monoisotopic (exact) mass is 385 g/mol. The molecule has 0 radical (unpaired) electrons. The maximum atomic E-state index is 12.5. The van der Waals surface area contributed by atoms with Crippen molar-refractivity contribution in [1.82, 2.24) is 0 Å². The van der Waals surface area contributed by atoms with Crippen molar-refractivity contribution in [2.75, 3.05) is 17.2 Å². The van der Waals surface area contributed by atoms with E-state index in [0.29, 0.717) is 23.7 Å². The minimum absolute atomic E-state index is 0.0297. The Bertz CT molecular complexity index is 882. The van der Waals surface area contributed by atoms with E-state index in [2.05, 4.69) is 10.6 Å². The van der Waals surface area contributed by atoms with Crippen LogP contribution in [0.5, 0.6) is 11.5 Å². The van der Waals surface area contributed by atoms with Gasteiger partial charge in [0.2, 0.25) is 5.91 Å². The van der Waals surface area contributed by atoms with E-state index in [0.717, 1.165) is 17.7 Å². The molecule has 1 aliphatic heterocycles. The number of benzene rings is 2. The molecule has 0 aliphatic carbocycles. The second kappa shape index (κ2) is 8.16. The molecule has 2 N–H and O–H groups in total. The fraction of sp³-hybridized carbons (Fsp3) is 0.350. The highest BCUT2D eigenvalue weighted by Gasteiger charge is 2.23. The summed E-state index contributed by atoms with van der Waals surface area (Å²) in [4.78, 5) is 22.7. The zero-order valence-electron chi connectivity index (χ0n) is 16.0. The molecule has 1 amide bonds. The predicted molar refractivity (Wildman–Crippen MR) is 106 cm³/mol. The van der Waals surface area contributed by atoms with Crippen LogP contribution in [0.4, 0.5) is 17.1 Å². The van der Waals surface area contributed by atoms with E-state index in [1.165, 1.54) is 24.3 Å². The number of ether oxygens (including phenoxy) is 2. The van der Waals surface area contributed by atoms with Crippen LogP contribution in [-0.2, 0) is 11.2 Å². The number of nitro benzene ring substituents is 1. The number of hydrogen-bond acceptors (Lipinski definition) is 6. The van der Waals surface area contributed by atoms with E-state index in [9.17, 15) is 14.9 Å². The van der Waals surface area contributed by atoms with Crippen molar-refractivity contribution in [1.29, 1.82) is 0 Å². The standard InChI is InChI=1S/C20H23N3O5/c1-4-27-19-10-14-9-12(2)28-18(14)11-17(19)21-13(3)20(24)22-15-5-7-16(8-6-15)23(25)26/h5-8,10-13,21H,4,9H2,1-3H3,(H,22,24)/t12-,13+/m0/s1. The quantitative estimate of drug-likeness (QED) is 0.556. The third kappa shape index (κ3) is 4.33. The second-order valence-electron chi connectivity index (χ2n) is 6.68. The summed E-state index contributed by atoms with van der Waals surface area (Å²) in [7, 11) is 0. The van der Waals surface area contributed by atoms with E-state index in [1.807, 2.05) is 26.0 Å². The first-order chi connectivity index (χ1) is 13.4. The number of nitrogens with zero attached hydrogens (tertiary/aromatic N) is 1. The lowest BCUT2D eigenvalue weighted by Gasteiger charge is -2.19. The molecule has 8 nitrogen and oxygen atoms in total. The fourth-order valence-corrected chi connectivity index (χ4v) is 3.04. The van der Waals surface area contributed by atoms with Gasteiger partial charge in [-0.3, -0.25) is 14.9 Å². The molecule has 2 atom stereocenters. The summed E-state index contributed by atoms with van der Waals surface area (Å²) in [5, 5.41) is 16.6. The number of amides is 1. The van der Waals surface area contributed by atoms with Gasteiger partial charge >= 0.3 is 0 Å². The Morgan fingerprint density at radius 3 is 2.71 bits per heavy atom. The molecule has 2 aromatic rings. The predicted octanol–water partition coefficient (Wildman–Crippen LogP) is 3.76. The van der Waals surface area contributed by atoms with Gasteiger partial charge in [0.05, 0.1) is 17.2 Å². The molecule has 0 fully saturated rings. The molecule has 8 heteroatoms. The number of non-ortho nitro benzene ring substituents is 1. The van der Waals surface area contributed by atoms with Crippen molar-refractivity contribution in [2.45, 2.75) is 39.3 Å². The average Bonchev–Trinajstić information content (AvgIpc) is 3.01. The van der Waals surface area contributed by atoms with Gasteiger partial charge in [0, 0.05) is 35.9 Å². The van der Waals surface area contributed by atoms with Gasteiger partial charge in [-0.2, -0.15) is 0 Å². The van der Waals surface area contributed by atoms with Crippen molar-refractivity contribution in [2.24, 2.45) is 0 Å². The van der Waals surface area contributed by atoms with Crippen LogP contribution in [0.2, 0.25) is 0 Å². The lowest BCUT2D eigenvalue weighted by molar-refractivity contribution is -0.384. The van der Waals surface area contributed by atoms with Gasteiger partial charge < -0.3 is 20.1 Å². The minimum Gasteiger partial charge on any atom is -0.492 e. The topological polar surface area (TPSA) is 103 Å². The Hall–Kier alpha value is -3.29. The van der Waals surface area contributed by atoms with Gasteiger partial charge in [-0.1, -0.05) is 0 Å². The number of carbonyl (C=O) groups is 1. The second-order valence-corrected chi connectivity index (χ2v) is 6.68. The lowest BCUT2D eigenvalue weighted by atomic mass is 10.1. The molecule has 2 aromatic carbocycles. The van der Waals surface area contributed by atoms with Crippen LogP contribution in [0.3, 0.4) is 0 Å². The van der Waals surface area contributed by atoms with Crippen LogP contribution >= 0.6 is 0 Å². The minimum atomic E-state index is -0.564. The van der Waals surface area contributed by atoms with Crippen molar-refractivity contribution in [3.8, 4) is 11.5 Å². The number of carbonyl (C=O) groups excluding carboxylic acids is 1. The summed E-state index contributed by atoms with van der Waals surface area (Å²) < 4.78 is 11.5. The normalized spacial score (nSPS) is 15.9. The van der Waals surface area contributed by atoms with Gasteiger partial charge in [-0.15, -0.1) is 0 Å². The molecule has 1 aliphatic rings. The highest BCUT2D eigenvalue weighted by atomic mass is 16.6. The first kappa shape index (κ1) is 19.5. The number of hydrogen-bond donors (Lipinski definition) is 2. The summed E-state index contributed by atoms with van der Waals surface area (Å²) in [6.07, 6.45) is 0.939. The smallest absolute Gasteiger partial charge is 0.269 e. The number of nitrogens with one attached hydrogen (secondary N) is 2. The molecule has 0 spiro atoms. The van der Waals surface area contributed by atoms with Crippen LogP contribution in [0, 0.1) is 10.1 Å². The van der Waals surface area contributed by atoms with Gasteiger partial charge in [-0.25, -0.2) is 0 Å². The van der Waals surface area contributed by atoms with E-state index >= 15 is 0 Å². The molecule has 3 rings (SSSR count). The summed E-state index contributed by atoms with van der Waals surface area (Å²) in [6, 6.07) is 8.94. The Kier molecular flexibility index (Phi) is 5.67. The molecular formula is C20H23N3O5. The highest BCUT2D eigenvalue weighted by molar-refractivity contribution is 5.96. The van der Waals surface area contributed by atoms with E-state index in [1.54, 1.807) is 6.92 Å². The Morgan fingerprint density at radius 2 is 2.07 bits per heavy atom. The summed E-state index contributed by atoms with van der Waals surface area (Å²) in [5.41, 5.74) is 2.23. The van der Waals surface area contributed by atoms with Crippen LogP contribution in [0.15, 0.2) is 36.4 Å². The van der Waals surface area contributed by atoms with Gasteiger partial charge in [0.25, 0.3) is 5.69 Å². The summed E-state index contributed by atoms with van der Waals surface area (Å²) in [5.74, 6) is 1.20. The lowest BCUT2D eigenvalue weighted by Crippen LogP contribution is -2.32. The molecule has 0 aromatic heterocycles. The molecule has 28 heavy (non-hydrogen) atoms. The Labute approximate surface area is 163 Å². The highest BCUT2D eigenvalue weighted by Crippen LogP contribution is 2.38. The molecule has 1 heterocycles. The molecule has 0 unspecified atom stereocenters. The van der Waals surface area contributed by atoms with Gasteiger partial charge in [0.1, 0.15) is 23.6 Å². The Balaban J connectivity index is 1.71. The zero-order chi connectivity index (χ0) is 20.3. The third-order valence-electron chi connectivity index (χ3n) is 4.41. The number of anilines is 2. The van der Waals surface area contributed by atoms with Crippen molar-refractivity contribution in [3.63, 3.8) is 0 Å².